The van der Waals surface area contributed by atoms with Crippen molar-refractivity contribution in [1.29, 1.82) is 0 Å². The molecule has 78 valence electrons. The Bertz CT molecular complexity index is 531. The van der Waals surface area contributed by atoms with Gasteiger partial charge in [0, 0.05) is 11.1 Å². The van der Waals surface area contributed by atoms with E-state index < -0.39 is 5.97 Å². The van der Waals surface area contributed by atoms with Gasteiger partial charge < -0.3 is 10.1 Å². The highest BCUT2D eigenvalue weighted by molar-refractivity contribution is 6.35. The molecule has 1 heterocycles. The zero-order chi connectivity index (χ0) is 11.0. The number of carboxylic acids is 1. The number of aromatic nitrogens is 1. The highest BCUT2D eigenvalue weighted by Gasteiger charge is 2.09. The number of benzene rings is 1. The summed E-state index contributed by atoms with van der Waals surface area (Å²) in [5, 5.41) is 10.3. The Hall–Kier alpha value is -1.48. The van der Waals surface area contributed by atoms with Gasteiger partial charge in [-0.1, -0.05) is 17.7 Å². The predicted molar refractivity (Wildman–Crippen MR) is 59.4 cm³/mol. The fourth-order valence-corrected chi connectivity index (χ4v) is 1.91. The fraction of sp³-hybridized carbons (Fsp3) is 0.182. The first-order valence-electron chi connectivity index (χ1n) is 4.56. The second-order valence-corrected chi connectivity index (χ2v) is 3.93. The van der Waals surface area contributed by atoms with Gasteiger partial charge in [-0.05, 0) is 24.6 Å². The molecule has 0 aliphatic carbocycles. The molecule has 2 N–H and O–H groups in total. The van der Waals surface area contributed by atoms with Crippen molar-refractivity contribution < 1.29 is 9.90 Å². The number of aliphatic carboxylic acids is 1. The largest absolute Gasteiger partial charge is 0.481 e. The molecule has 0 aliphatic rings. The van der Waals surface area contributed by atoms with Gasteiger partial charge in [0.2, 0.25) is 0 Å². The lowest BCUT2D eigenvalue weighted by Gasteiger charge is -2.00. The molecule has 3 nitrogen and oxygen atoms in total. The lowest BCUT2D eigenvalue weighted by atomic mass is 10.1. The van der Waals surface area contributed by atoms with E-state index in [0.717, 1.165) is 22.2 Å². The number of hydrogen-bond donors (Lipinski definition) is 2. The summed E-state index contributed by atoms with van der Waals surface area (Å²) in [6.45, 7) is 1.92. The van der Waals surface area contributed by atoms with Gasteiger partial charge in [0.25, 0.3) is 0 Å². The second-order valence-electron chi connectivity index (χ2n) is 3.52. The van der Waals surface area contributed by atoms with E-state index in [1.807, 2.05) is 13.0 Å². The van der Waals surface area contributed by atoms with Crippen LogP contribution in [0.1, 0.15) is 11.3 Å². The minimum Gasteiger partial charge on any atom is -0.481 e. The number of carbonyl (C=O) groups is 1. The molecule has 15 heavy (non-hydrogen) atoms. The van der Waals surface area contributed by atoms with Gasteiger partial charge in [-0.2, -0.15) is 0 Å². The average molecular weight is 224 g/mol. The molecule has 0 saturated carbocycles. The first-order chi connectivity index (χ1) is 7.08. The number of H-pyrrole nitrogens is 1. The molecule has 1 aromatic carbocycles. The molecular formula is C11H10ClNO2. The number of carboxylic acid groups (broad SMARTS) is 1. The van der Waals surface area contributed by atoms with Crippen LogP contribution in [0, 0.1) is 6.92 Å². The third-order valence-electron chi connectivity index (χ3n) is 2.31. The van der Waals surface area contributed by atoms with Crippen LogP contribution < -0.4 is 0 Å². The van der Waals surface area contributed by atoms with Crippen molar-refractivity contribution in [3.05, 3.63) is 34.5 Å². The summed E-state index contributed by atoms with van der Waals surface area (Å²) in [6, 6.07) is 5.39. The fourth-order valence-electron chi connectivity index (χ4n) is 1.69. The van der Waals surface area contributed by atoms with Gasteiger partial charge in [0.05, 0.1) is 17.0 Å². The van der Waals surface area contributed by atoms with E-state index in [1.54, 1.807) is 12.1 Å². The summed E-state index contributed by atoms with van der Waals surface area (Å²) in [4.78, 5) is 13.8. The van der Waals surface area contributed by atoms with Crippen molar-refractivity contribution in [3.63, 3.8) is 0 Å². The Morgan fingerprint density at radius 3 is 2.93 bits per heavy atom. The topological polar surface area (TPSA) is 53.1 Å². The first kappa shape index (κ1) is 10.1. The van der Waals surface area contributed by atoms with Crippen LogP contribution in [-0.4, -0.2) is 16.1 Å². The van der Waals surface area contributed by atoms with Crippen LogP contribution in [0.3, 0.4) is 0 Å². The van der Waals surface area contributed by atoms with Crippen molar-refractivity contribution >= 4 is 28.5 Å². The standard InChI is InChI=1S/C11H10ClNO2/c1-6-4-8-7(5-10(14)15)2-3-9(12)11(8)13-6/h2-4,13H,5H2,1H3,(H,14,15). The molecule has 0 amide bonds. The molecule has 2 aromatic rings. The summed E-state index contributed by atoms with van der Waals surface area (Å²) in [7, 11) is 0. The number of rotatable bonds is 2. The third kappa shape index (κ3) is 1.83. The van der Waals surface area contributed by atoms with Crippen LogP contribution in [0.25, 0.3) is 10.9 Å². The van der Waals surface area contributed by atoms with Crippen LogP contribution in [0.2, 0.25) is 5.02 Å². The van der Waals surface area contributed by atoms with Crippen LogP contribution in [0.5, 0.6) is 0 Å². The predicted octanol–water partition coefficient (Wildman–Crippen LogP) is 2.76. The van der Waals surface area contributed by atoms with Gasteiger partial charge in [0.1, 0.15) is 0 Å². The van der Waals surface area contributed by atoms with Crippen molar-refractivity contribution in [2.75, 3.05) is 0 Å². The molecule has 0 spiro atoms. The van der Waals surface area contributed by atoms with Gasteiger partial charge in [-0.25, -0.2) is 0 Å². The summed E-state index contributed by atoms with van der Waals surface area (Å²) in [5.74, 6) is -0.836. The molecular weight excluding hydrogens is 214 g/mol. The van der Waals surface area contributed by atoms with Gasteiger partial charge >= 0.3 is 5.97 Å². The number of aryl methyl sites for hydroxylation is 1. The highest BCUT2D eigenvalue weighted by Crippen LogP contribution is 2.27. The molecule has 4 heteroatoms. The number of nitrogens with one attached hydrogen (secondary N) is 1. The second kappa shape index (κ2) is 3.59. The SMILES string of the molecule is Cc1cc2c(CC(=O)O)ccc(Cl)c2[nH]1. The quantitative estimate of drug-likeness (QED) is 0.823. The molecule has 1 aromatic heterocycles. The minimum absolute atomic E-state index is 0.0188. The van der Waals surface area contributed by atoms with E-state index in [1.165, 1.54) is 0 Å². The Kier molecular flexibility index (Phi) is 2.40. The third-order valence-corrected chi connectivity index (χ3v) is 2.62. The van der Waals surface area contributed by atoms with E-state index in [0.29, 0.717) is 5.02 Å². The maximum absolute atomic E-state index is 10.7. The van der Waals surface area contributed by atoms with Crippen LogP contribution >= 0.6 is 11.6 Å². The van der Waals surface area contributed by atoms with Crippen molar-refractivity contribution in [1.82, 2.24) is 4.98 Å². The molecule has 0 radical (unpaired) electrons. The summed E-state index contributed by atoms with van der Waals surface area (Å²) in [6.07, 6.45) is 0.0188. The van der Waals surface area contributed by atoms with Crippen molar-refractivity contribution in [3.8, 4) is 0 Å². The average Bonchev–Trinajstić information content (AvgIpc) is 2.52. The molecule has 0 atom stereocenters. The number of aromatic amines is 1. The minimum atomic E-state index is -0.836. The Labute approximate surface area is 91.7 Å². The lowest BCUT2D eigenvalue weighted by Crippen LogP contribution is -2.00. The molecule has 0 aliphatic heterocycles. The molecule has 2 rings (SSSR count). The van der Waals surface area contributed by atoms with E-state index >= 15 is 0 Å². The molecule has 0 bridgehead atoms. The monoisotopic (exact) mass is 223 g/mol. The normalized spacial score (nSPS) is 10.8. The first-order valence-corrected chi connectivity index (χ1v) is 4.94. The highest BCUT2D eigenvalue weighted by atomic mass is 35.5. The van der Waals surface area contributed by atoms with Crippen LogP contribution in [0.4, 0.5) is 0 Å². The van der Waals surface area contributed by atoms with Gasteiger partial charge in [-0.15, -0.1) is 0 Å². The van der Waals surface area contributed by atoms with E-state index in [-0.39, 0.29) is 6.42 Å². The molecule has 0 saturated heterocycles. The van der Waals surface area contributed by atoms with E-state index in [2.05, 4.69) is 4.98 Å². The summed E-state index contributed by atoms with van der Waals surface area (Å²) >= 11 is 6.00. The van der Waals surface area contributed by atoms with Gasteiger partial charge in [0.15, 0.2) is 0 Å². The molecule has 0 fully saturated rings. The Morgan fingerprint density at radius 1 is 1.53 bits per heavy atom. The number of hydrogen-bond acceptors (Lipinski definition) is 1. The van der Waals surface area contributed by atoms with E-state index in [4.69, 9.17) is 16.7 Å². The van der Waals surface area contributed by atoms with Crippen LogP contribution in [-0.2, 0) is 11.2 Å². The zero-order valence-electron chi connectivity index (χ0n) is 8.17. The lowest BCUT2D eigenvalue weighted by molar-refractivity contribution is -0.136. The number of halogens is 1. The maximum atomic E-state index is 10.7. The van der Waals surface area contributed by atoms with E-state index in [9.17, 15) is 4.79 Å². The molecule has 0 unspecified atom stereocenters. The Morgan fingerprint density at radius 2 is 2.27 bits per heavy atom. The zero-order valence-corrected chi connectivity index (χ0v) is 8.93. The Balaban J connectivity index is 2.65. The summed E-state index contributed by atoms with van der Waals surface area (Å²) in [5.41, 5.74) is 2.57. The van der Waals surface area contributed by atoms with Crippen molar-refractivity contribution in [2.24, 2.45) is 0 Å². The van der Waals surface area contributed by atoms with Crippen LogP contribution in [0.15, 0.2) is 18.2 Å². The number of fused-ring (bicyclic) bond motifs is 1. The smallest absolute Gasteiger partial charge is 0.307 e. The summed E-state index contributed by atoms with van der Waals surface area (Å²) < 4.78 is 0. The van der Waals surface area contributed by atoms with Crippen molar-refractivity contribution in [2.45, 2.75) is 13.3 Å². The maximum Gasteiger partial charge on any atom is 0.307 e. The van der Waals surface area contributed by atoms with Gasteiger partial charge in [-0.3, -0.25) is 4.79 Å².